The van der Waals surface area contributed by atoms with E-state index in [4.69, 9.17) is 4.74 Å². The Kier molecular flexibility index (Phi) is 4.60. The fourth-order valence-corrected chi connectivity index (χ4v) is 3.62. The van der Waals surface area contributed by atoms with Crippen LogP contribution >= 0.6 is 0 Å². The first-order valence-corrected chi connectivity index (χ1v) is 8.80. The number of aromatic amines is 1. The Morgan fingerprint density at radius 3 is 3.00 bits per heavy atom. The number of nitro benzene ring substituents is 1. The number of anilines is 1. The fraction of sp³-hybridized carbons (Fsp3) is 0.250. The minimum absolute atomic E-state index is 0.0883. The van der Waals surface area contributed by atoms with Gasteiger partial charge in [0.05, 0.1) is 11.5 Å². The molecule has 0 aliphatic carbocycles. The van der Waals surface area contributed by atoms with Gasteiger partial charge < -0.3 is 14.6 Å². The minimum atomic E-state index is -0.373. The summed E-state index contributed by atoms with van der Waals surface area (Å²) in [6.45, 7) is 1.93. The van der Waals surface area contributed by atoms with Gasteiger partial charge in [0, 0.05) is 66.9 Å². The summed E-state index contributed by atoms with van der Waals surface area (Å²) in [7, 11) is 1.60. The third-order valence-electron chi connectivity index (χ3n) is 4.92. The molecular formula is C20H20N4O3. The van der Waals surface area contributed by atoms with E-state index in [1.54, 1.807) is 25.4 Å². The number of aromatic nitrogens is 2. The predicted molar refractivity (Wildman–Crippen MR) is 105 cm³/mol. The number of rotatable bonds is 5. The number of hydrogen-bond acceptors (Lipinski definition) is 5. The van der Waals surface area contributed by atoms with E-state index in [1.807, 2.05) is 18.3 Å². The summed E-state index contributed by atoms with van der Waals surface area (Å²) in [6.07, 6.45) is 6.91. The lowest BCUT2D eigenvalue weighted by atomic mass is 9.98. The average molecular weight is 364 g/mol. The Hall–Kier alpha value is -3.19. The maximum absolute atomic E-state index is 11.1. The average Bonchev–Trinajstić information content (AvgIpc) is 3.12. The maximum atomic E-state index is 11.1. The molecule has 0 saturated carbocycles. The van der Waals surface area contributed by atoms with Crippen LogP contribution in [-0.4, -0.2) is 35.1 Å². The quantitative estimate of drug-likeness (QED) is 0.548. The van der Waals surface area contributed by atoms with Gasteiger partial charge in [-0.25, -0.2) is 4.98 Å². The monoisotopic (exact) mass is 364 g/mol. The Bertz CT molecular complexity index is 1020. The SMILES string of the molecule is COCc1cc([N+](=O)[O-])ccc1N1CC=C(c2c[nH]c3ncccc23)CC1. The molecule has 0 saturated heterocycles. The van der Waals surface area contributed by atoms with Crippen LogP contribution in [0.15, 0.2) is 48.8 Å². The molecule has 3 heterocycles. The first-order chi connectivity index (χ1) is 13.2. The first-order valence-electron chi connectivity index (χ1n) is 8.80. The van der Waals surface area contributed by atoms with Crippen molar-refractivity contribution in [1.82, 2.24) is 9.97 Å². The van der Waals surface area contributed by atoms with E-state index in [1.165, 1.54) is 11.1 Å². The van der Waals surface area contributed by atoms with Crippen molar-refractivity contribution in [2.24, 2.45) is 0 Å². The molecule has 1 aliphatic heterocycles. The molecule has 3 aromatic rings. The maximum Gasteiger partial charge on any atom is 0.269 e. The molecule has 1 aliphatic rings. The molecule has 138 valence electrons. The van der Waals surface area contributed by atoms with Crippen LogP contribution in [0.2, 0.25) is 0 Å². The van der Waals surface area contributed by atoms with E-state index in [2.05, 4.69) is 27.0 Å². The van der Waals surface area contributed by atoms with Gasteiger partial charge in [0.2, 0.25) is 0 Å². The van der Waals surface area contributed by atoms with Crippen molar-refractivity contribution in [2.75, 3.05) is 25.1 Å². The zero-order valence-corrected chi connectivity index (χ0v) is 15.0. The van der Waals surface area contributed by atoms with E-state index >= 15 is 0 Å². The van der Waals surface area contributed by atoms with Crippen molar-refractivity contribution < 1.29 is 9.66 Å². The number of H-pyrrole nitrogens is 1. The number of benzene rings is 1. The molecular weight excluding hydrogens is 344 g/mol. The van der Waals surface area contributed by atoms with Gasteiger partial charge in [-0.2, -0.15) is 0 Å². The number of methoxy groups -OCH3 is 1. The summed E-state index contributed by atoms with van der Waals surface area (Å²) in [5.74, 6) is 0. The van der Waals surface area contributed by atoms with E-state index in [0.29, 0.717) is 6.61 Å². The highest BCUT2D eigenvalue weighted by Gasteiger charge is 2.20. The summed E-state index contributed by atoms with van der Waals surface area (Å²) in [5, 5.41) is 12.2. The lowest BCUT2D eigenvalue weighted by Crippen LogP contribution is -2.29. The van der Waals surface area contributed by atoms with Crippen LogP contribution in [0.4, 0.5) is 11.4 Å². The van der Waals surface area contributed by atoms with Crippen molar-refractivity contribution in [3.63, 3.8) is 0 Å². The molecule has 0 atom stereocenters. The lowest BCUT2D eigenvalue weighted by molar-refractivity contribution is -0.384. The largest absolute Gasteiger partial charge is 0.380 e. The van der Waals surface area contributed by atoms with Gasteiger partial charge in [-0.05, 0) is 30.2 Å². The van der Waals surface area contributed by atoms with E-state index in [0.717, 1.165) is 41.8 Å². The number of nitrogens with one attached hydrogen (secondary N) is 1. The third kappa shape index (κ3) is 3.29. The topological polar surface area (TPSA) is 84.3 Å². The second-order valence-corrected chi connectivity index (χ2v) is 6.53. The summed E-state index contributed by atoms with van der Waals surface area (Å²) in [6, 6.07) is 9.00. The second kappa shape index (κ2) is 7.20. The Balaban J connectivity index is 1.61. The zero-order valence-electron chi connectivity index (χ0n) is 15.0. The zero-order chi connectivity index (χ0) is 18.8. The van der Waals surface area contributed by atoms with Gasteiger partial charge in [0.25, 0.3) is 5.69 Å². The second-order valence-electron chi connectivity index (χ2n) is 6.53. The number of ether oxygens (including phenoxy) is 1. The number of fused-ring (bicyclic) bond motifs is 1. The van der Waals surface area contributed by atoms with Crippen LogP contribution in [0.25, 0.3) is 16.6 Å². The van der Waals surface area contributed by atoms with Crippen LogP contribution in [0.5, 0.6) is 0 Å². The Morgan fingerprint density at radius 2 is 2.26 bits per heavy atom. The molecule has 0 radical (unpaired) electrons. The van der Waals surface area contributed by atoms with Gasteiger partial charge in [-0.15, -0.1) is 0 Å². The molecule has 0 unspecified atom stereocenters. The van der Waals surface area contributed by atoms with Crippen LogP contribution in [-0.2, 0) is 11.3 Å². The van der Waals surface area contributed by atoms with Gasteiger partial charge >= 0.3 is 0 Å². The molecule has 0 bridgehead atoms. The predicted octanol–water partition coefficient (Wildman–Crippen LogP) is 3.91. The number of nitrogens with zero attached hydrogens (tertiary/aromatic N) is 3. The van der Waals surface area contributed by atoms with E-state index in [9.17, 15) is 10.1 Å². The third-order valence-corrected chi connectivity index (χ3v) is 4.92. The molecule has 4 rings (SSSR count). The number of nitro groups is 1. The highest BCUT2D eigenvalue weighted by atomic mass is 16.6. The number of hydrogen-bond donors (Lipinski definition) is 1. The first kappa shape index (κ1) is 17.2. The van der Waals surface area contributed by atoms with E-state index in [-0.39, 0.29) is 10.6 Å². The number of non-ortho nitro benzene ring substituents is 1. The molecule has 7 heteroatoms. The number of pyridine rings is 1. The molecule has 0 fully saturated rings. The summed E-state index contributed by atoms with van der Waals surface area (Å²) >= 11 is 0. The fourth-order valence-electron chi connectivity index (χ4n) is 3.62. The molecule has 7 nitrogen and oxygen atoms in total. The van der Waals surface area contributed by atoms with Crippen LogP contribution in [0, 0.1) is 10.1 Å². The Morgan fingerprint density at radius 1 is 1.37 bits per heavy atom. The normalized spacial score (nSPS) is 14.4. The van der Waals surface area contributed by atoms with Gasteiger partial charge in [0.15, 0.2) is 0 Å². The summed E-state index contributed by atoms with van der Waals surface area (Å²) in [4.78, 5) is 20.5. The van der Waals surface area contributed by atoms with Crippen LogP contribution < -0.4 is 4.90 Å². The van der Waals surface area contributed by atoms with Crippen molar-refractivity contribution in [3.05, 3.63) is 70.0 Å². The lowest BCUT2D eigenvalue weighted by Gasteiger charge is -2.30. The standard InChI is InChI=1S/C20H20N4O3/c1-27-13-15-11-16(24(25)26)4-5-19(15)23-9-6-14(7-10-23)18-12-22-20-17(18)3-2-8-21-20/h2-6,8,11-12H,7,9-10,13H2,1H3,(H,21,22). The van der Waals surface area contributed by atoms with Crippen molar-refractivity contribution in [2.45, 2.75) is 13.0 Å². The smallest absolute Gasteiger partial charge is 0.269 e. The van der Waals surface area contributed by atoms with Gasteiger partial charge in [-0.3, -0.25) is 10.1 Å². The summed E-state index contributed by atoms with van der Waals surface area (Å²) in [5.41, 5.74) is 5.29. The summed E-state index contributed by atoms with van der Waals surface area (Å²) < 4.78 is 5.25. The molecule has 0 amide bonds. The highest BCUT2D eigenvalue weighted by Crippen LogP contribution is 2.32. The van der Waals surface area contributed by atoms with Crippen LogP contribution in [0.3, 0.4) is 0 Å². The van der Waals surface area contributed by atoms with Crippen molar-refractivity contribution in [1.29, 1.82) is 0 Å². The molecule has 0 spiro atoms. The molecule has 27 heavy (non-hydrogen) atoms. The highest BCUT2D eigenvalue weighted by molar-refractivity contribution is 5.91. The minimum Gasteiger partial charge on any atom is -0.380 e. The molecule has 1 aromatic carbocycles. The molecule has 1 N–H and O–H groups in total. The van der Waals surface area contributed by atoms with Crippen molar-refractivity contribution in [3.8, 4) is 0 Å². The van der Waals surface area contributed by atoms with Crippen molar-refractivity contribution >= 4 is 28.0 Å². The van der Waals surface area contributed by atoms with Gasteiger partial charge in [-0.1, -0.05) is 6.08 Å². The van der Waals surface area contributed by atoms with E-state index < -0.39 is 0 Å². The molecule has 2 aromatic heterocycles. The Labute approximate surface area is 156 Å². The van der Waals surface area contributed by atoms with Crippen LogP contribution in [0.1, 0.15) is 17.5 Å². The van der Waals surface area contributed by atoms with Gasteiger partial charge in [0.1, 0.15) is 5.65 Å².